The Kier molecular flexibility index (Phi) is 8.60. The molecule has 3 aromatic rings. The van der Waals surface area contributed by atoms with Gasteiger partial charge in [0.25, 0.3) is 7.37 Å². The number of para-hydroxylation sites is 1. The standard InChI is InChI=1S/C29H37N2O4P/c1-31(2)24-16-18-26(19-17-24)36(32,35-25-13-9-6-10-14-25)29(30-23-11-7-5-8-12-23)22-15-20-27(33-3)28(21-22)34-4/h5,7-8,11-12,15-21,25,29-30H,6,9-10,13-14H2,1-4H3/t29-,36+/m0/s1. The van der Waals surface area contributed by atoms with Crippen LogP contribution in [0.15, 0.2) is 72.8 Å². The Bertz CT molecular complexity index is 1160. The fraction of sp³-hybridized carbons (Fsp3) is 0.379. The van der Waals surface area contributed by atoms with E-state index in [1.165, 1.54) is 6.42 Å². The Morgan fingerprint density at radius 3 is 2.14 bits per heavy atom. The predicted molar refractivity (Wildman–Crippen MR) is 148 cm³/mol. The molecule has 0 heterocycles. The van der Waals surface area contributed by atoms with Gasteiger partial charge in [0, 0.05) is 30.8 Å². The minimum Gasteiger partial charge on any atom is -0.493 e. The number of ether oxygens (including phenoxy) is 2. The first kappa shape index (κ1) is 26.1. The zero-order valence-electron chi connectivity index (χ0n) is 21.6. The summed E-state index contributed by atoms with van der Waals surface area (Å²) in [6.07, 6.45) is 5.18. The minimum atomic E-state index is -3.47. The Hall–Kier alpha value is -2.95. The first-order chi connectivity index (χ1) is 17.4. The molecule has 2 atom stereocenters. The zero-order valence-corrected chi connectivity index (χ0v) is 22.5. The fourth-order valence-corrected chi connectivity index (χ4v) is 7.33. The van der Waals surface area contributed by atoms with Crippen LogP contribution in [0.3, 0.4) is 0 Å². The summed E-state index contributed by atoms with van der Waals surface area (Å²) in [6, 6.07) is 23.4. The highest BCUT2D eigenvalue weighted by atomic mass is 31.2. The molecular formula is C29H37N2O4P. The molecule has 4 rings (SSSR count). The highest BCUT2D eigenvalue weighted by Crippen LogP contribution is 2.61. The molecule has 3 aromatic carbocycles. The van der Waals surface area contributed by atoms with Crippen LogP contribution in [-0.4, -0.2) is 34.4 Å². The van der Waals surface area contributed by atoms with Crippen LogP contribution in [0.5, 0.6) is 11.5 Å². The third-order valence-electron chi connectivity index (χ3n) is 6.72. The Balaban J connectivity index is 1.85. The van der Waals surface area contributed by atoms with E-state index in [4.69, 9.17) is 14.0 Å². The summed E-state index contributed by atoms with van der Waals surface area (Å²) in [6.45, 7) is 0. The number of hydrogen-bond donors (Lipinski definition) is 1. The number of nitrogens with one attached hydrogen (secondary N) is 1. The number of rotatable bonds is 10. The fourth-order valence-electron chi connectivity index (χ4n) is 4.70. The molecule has 0 saturated heterocycles. The van der Waals surface area contributed by atoms with Crippen molar-refractivity contribution in [3.63, 3.8) is 0 Å². The van der Waals surface area contributed by atoms with E-state index >= 15 is 4.57 Å². The van der Waals surface area contributed by atoms with Gasteiger partial charge in [-0.15, -0.1) is 0 Å². The van der Waals surface area contributed by atoms with Gasteiger partial charge in [0.15, 0.2) is 11.5 Å². The molecule has 0 radical (unpaired) electrons. The van der Waals surface area contributed by atoms with Crippen LogP contribution in [-0.2, 0) is 9.09 Å². The van der Waals surface area contributed by atoms with E-state index in [9.17, 15) is 0 Å². The summed E-state index contributed by atoms with van der Waals surface area (Å²) in [7, 11) is 3.75. The second kappa shape index (κ2) is 11.9. The highest BCUT2D eigenvalue weighted by Gasteiger charge is 2.40. The molecule has 36 heavy (non-hydrogen) atoms. The van der Waals surface area contributed by atoms with Gasteiger partial charge in [-0.05, 0) is 66.9 Å². The normalized spacial score (nSPS) is 16.6. The molecule has 1 aliphatic carbocycles. The summed E-state index contributed by atoms with van der Waals surface area (Å²) < 4.78 is 33.0. The largest absolute Gasteiger partial charge is 0.493 e. The smallest absolute Gasteiger partial charge is 0.258 e. The van der Waals surface area contributed by atoms with Crippen molar-refractivity contribution in [1.29, 1.82) is 0 Å². The van der Waals surface area contributed by atoms with E-state index in [-0.39, 0.29) is 6.10 Å². The maximum atomic E-state index is 15.3. The second-order valence-corrected chi connectivity index (χ2v) is 11.8. The quantitative estimate of drug-likeness (QED) is 0.303. The van der Waals surface area contributed by atoms with Gasteiger partial charge in [-0.3, -0.25) is 4.57 Å². The Morgan fingerprint density at radius 2 is 1.53 bits per heavy atom. The Morgan fingerprint density at radius 1 is 0.861 bits per heavy atom. The van der Waals surface area contributed by atoms with Crippen molar-refractivity contribution in [3.05, 3.63) is 78.4 Å². The van der Waals surface area contributed by atoms with Gasteiger partial charge in [-0.1, -0.05) is 43.5 Å². The van der Waals surface area contributed by atoms with Crippen LogP contribution >= 0.6 is 7.37 Å². The summed E-state index contributed by atoms with van der Waals surface area (Å²) >= 11 is 0. The maximum Gasteiger partial charge on any atom is 0.258 e. The van der Waals surface area contributed by atoms with Gasteiger partial charge < -0.3 is 24.2 Å². The molecular weight excluding hydrogens is 471 g/mol. The van der Waals surface area contributed by atoms with Gasteiger partial charge in [0.1, 0.15) is 5.78 Å². The maximum absolute atomic E-state index is 15.3. The lowest BCUT2D eigenvalue weighted by atomic mass is 9.98. The van der Waals surface area contributed by atoms with Gasteiger partial charge >= 0.3 is 0 Å². The first-order valence-corrected chi connectivity index (χ1v) is 14.2. The van der Waals surface area contributed by atoms with Crippen LogP contribution in [0.4, 0.5) is 11.4 Å². The van der Waals surface area contributed by atoms with Crippen LogP contribution < -0.4 is 25.0 Å². The molecule has 6 nitrogen and oxygen atoms in total. The number of anilines is 2. The van der Waals surface area contributed by atoms with Crippen LogP contribution in [0.25, 0.3) is 0 Å². The molecule has 0 aliphatic heterocycles. The summed E-state index contributed by atoms with van der Waals surface area (Å²) in [5.74, 6) is 0.590. The van der Waals surface area contributed by atoms with Crippen molar-refractivity contribution < 1.29 is 18.6 Å². The molecule has 1 aliphatic rings. The number of hydrogen-bond acceptors (Lipinski definition) is 6. The second-order valence-electron chi connectivity index (χ2n) is 9.40. The van der Waals surface area contributed by atoms with Gasteiger partial charge in [-0.25, -0.2) is 0 Å². The van der Waals surface area contributed by atoms with Crippen LogP contribution in [0.1, 0.15) is 43.5 Å². The summed E-state index contributed by atoms with van der Waals surface area (Å²) in [4.78, 5) is 2.03. The van der Waals surface area contributed by atoms with Crippen LogP contribution in [0.2, 0.25) is 0 Å². The summed E-state index contributed by atoms with van der Waals surface area (Å²) in [5, 5.41) is 4.25. The molecule has 0 aromatic heterocycles. The molecule has 0 spiro atoms. The molecule has 192 valence electrons. The van der Waals surface area contributed by atoms with E-state index in [0.717, 1.165) is 42.6 Å². The van der Waals surface area contributed by atoms with Gasteiger partial charge in [0.05, 0.1) is 20.3 Å². The van der Waals surface area contributed by atoms with E-state index in [2.05, 4.69) is 5.32 Å². The Labute approximate surface area is 215 Å². The molecule has 1 N–H and O–H groups in total. The first-order valence-electron chi connectivity index (χ1n) is 12.5. The lowest BCUT2D eigenvalue weighted by Crippen LogP contribution is -2.25. The monoisotopic (exact) mass is 508 g/mol. The van der Waals surface area contributed by atoms with Crippen molar-refractivity contribution in [2.24, 2.45) is 0 Å². The lowest BCUT2D eigenvalue weighted by Gasteiger charge is -2.34. The van der Waals surface area contributed by atoms with E-state index in [0.29, 0.717) is 16.8 Å². The van der Waals surface area contributed by atoms with E-state index in [1.54, 1.807) is 14.2 Å². The molecule has 0 bridgehead atoms. The third kappa shape index (κ3) is 5.88. The molecule has 1 fully saturated rings. The van der Waals surface area contributed by atoms with Crippen molar-refractivity contribution in [3.8, 4) is 11.5 Å². The topological polar surface area (TPSA) is 60.0 Å². The lowest BCUT2D eigenvalue weighted by molar-refractivity contribution is 0.159. The molecule has 0 amide bonds. The number of nitrogens with zero attached hydrogens (tertiary/aromatic N) is 1. The number of methoxy groups -OCH3 is 2. The number of benzene rings is 3. The highest BCUT2D eigenvalue weighted by molar-refractivity contribution is 7.67. The average Bonchev–Trinajstić information content (AvgIpc) is 2.92. The molecule has 1 saturated carbocycles. The average molecular weight is 509 g/mol. The SMILES string of the molecule is COc1ccc([C@@H](Nc2ccccc2)[P@](=O)(OC2CCCCC2)c2ccc(N(C)C)cc2)cc1OC. The van der Waals surface area contributed by atoms with Crippen molar-refractivity contribution in [1.82, 2.24) is 0 Å². The zero-order chi connectivity index (χ0) is 25.5. The third-order valence-corrected chi connectivity index (χ3v) is 9.46. The van der Waals surface area contributed by atoms with E-state index in [1.807, 2.05) is 91.8 Å². The molecule has 7 heteroatoms. The summed E-state index contributed by atoms with van der Waals surface area (Å²) in [5.41, 5.74) is 2.73. The van der Waals surface area contributed by atoms with Gasteiger partial charge in [0.2, 0.25) is 0 Å². The molecule has 0 unspecified atom stereocenters. The van der Waals surface area contributed by atoms with Crippen molar-refractivity contribution in [2.45, 2.75) is 44.0 Å². The van der Waals surface area contributed by atoms with Crippen LogP contribution in [0, 0.1) is 0 Å². The minimum absolute atomic E-state index is 0.0432. The van der Waals surface area contributed by atoms with E-state index < -0.39 is 13.2 Å². The van der Waals surface area contributed by atoms with Gasteiger partial charge in [-0.2, -0.15) is 0 Å². The van der Waals surface area contributed by atoms with Crippen molar-refractivity contribution in [2.75, 3.05) is 38.5 Å². The predicted octanol–water partition coefficient (Wildman–Crippen LogP) is 6.83. The van der Waals surface area contributed by atoms with Crippen molar-refractivity contribution >= 4 is 24.0 Å².